The van der Waals surface area contributed by atoms with E-state index >= 15 is 0 Å². The molecule has 0 bridgehead atoms. The molecule has 0 atom stereocenters. The van der Waals surface area contributed by atoms with Gasteiger partial charge >= 0.3 is 0 Å². The highest BCUT2D eigenvalue weighted by Crippen LogP contribution is 2.32. The van der Waals surface area contributed by atoms with Gasteiger partial charge in [-0.25, -0.2) is 0 Å². The van der Waals surface area contributed by atoms with Crippen molar-refractivity contribution in [1.29, 1.82) is 0 Å². The van der Waals surface area contributed by atoms with E-state index in [0.717, 1.165) is 12.8 Å². The number of carbonyl (C=O) groups excluding carboxylic acids is 1. The second-order valence-corrected chi connectivity index (χ2v) is 5.60. The quantitative estimate of drug-likeness (QED) is 0.797. The predicted octanol–water partition coefficient (Wildman–Crippen LogP) is 3.50. The van der Waals surface area contributed by atoms with E-state index in [1.165, 1.54) is 25.7 Å². The summed E-state index contributed by atoms with van der Waals surface area (Å²) in [5.41, 5.74) is 0.573. The Kier molecular flexibility index (Phi) is 5.48. The first-order valence-corrected chi connectivity index (χ1v) is 7.67. The average Bonchev–Trinajstić information content (AvgIpc) is 2.81. The Morgan fingerprint density at radius 1 is 1.10 bits per heavy atom. The van der Waals surface area contributed by atoms with Gasteiger partial charge in [0.1, 0.15) is 0 Å². The number of benzene rings is 1. The van der Waals surface area contributed by atoms with Gasteiger partial charge < -0.3 is 14.4 Å². The highest BCUT2D eigenvalue weighted by Gasteiger charge is 2.25. The lowest BCUT2D eigenvalue weighted by Crippen LogP contribution is -2.36. The van der Waals surface area contributed by atoms with Gasteiger partial charge in [0.15, 0.2) is 11.5 Å². The molecule has 1 saturated carbocycles. The molecule has 1 aliphatic carbocycles. The van der Waals surface area contributed by atoms with Crippen molar-refractivity contribution < 1.29 is 14.3 Å². The number of rotatable bonds is 4. The van der Waals surface area contributed by atoms with E-state index in [2.05, 4.69) is 0 Å². The summed E-state index contributed by atoms with van der Waals surface area (Å²) in [6, 6.07) is 5.77. The summed E-state index contributed by atoms with van der Waals surface area (Å²) >= 11 is 0. The Hall–Kier alpha value is -1.71. The molecule has 0 spiro atoms. The second kappa shape index (κ2) is 7.34. The van der Waals surface area contributed by atoms with Crippen molar-refractivity contribution in [2.75, 3.05) is 21.3 Å². The van der Waals surface area contributed by atoms with Crippen LogP contribution >= 0.6 is 0 Å². The highest BCUT2D eigenvalue weighted by molar-refractivity contribution is 5.97. The maximum Gasteiger partial charge on any atom is 0.257 e. The summed E-state index contributed by atoms with van der Waals surface area (Å²) in [4.78, 5) is 14.7. The van der Waals surface area contributed by atoms with Gasteiger partial charge in [-0.15, -0.1) is 0 Å². The SMILES string of the molecule is COc1cccc(C(=O)N(C)C2CCCCCC2)c1OC. The third-order valence-electron chi connectivity index (χ3n) is 4.33. The molecule has 0 aliphatic heterocycles. The summed E-state index contributed by atoms with van der Waals surface area (Å²) < 4.78 is 10.7. The summed E-state index contributed by atoms with van der Waals surface area (Å²) in [5.74, 6) is 1.13. The van der Waals surface area contributed by atoms with Crippen LogP contribution in [0.2, 0.25) is 0 Å². The second-order valence-electron chi connectivity index (χ2n) is 5.60. The normalized spacial score (nSPS) is 16.1. The van der Waals surface area contributed by atoms with Crippen molar-refractivity contribution >= 4 is 5.91 Å². The number of ether oxygens (including phenoxy) is 2. The Labute approximate surface area is 127 Å². The molecule has 1 fully saturated rings. The average molecular weight is 291 g/mol. The Morgan fingerprint density at radius 3 is 2.33 bits per heavy atom. The van der Waals surface area contributed by atoms with E-state index < -0.39 is 0 Å². The van der Waals surface area contributed by atoms with E-state index in [1.807, 2.05) is 18.0 Å². The number of carbonyl (C=O) groups is 1. The van der Waals surface area contributed by atoms with E-state index in [0.29, 0.717) is 23.1 Å². The molecule has 0 saturated heterocycles. The third kappa shape index (κ3) is 3.49. The minimum absolute atomic E-state index is 0.0117. The minimum atomic E-state index is 0.0117. The van der Waals surface area contributed by atoms with Crippen molar-refractivity contribution in [3.05, 3.63) is 23.8 Å². The minimum Gasteiger partial charge on any atom is -0.493 e. The van der Waals surface area contributed by atoms with Crippen molar-refractivity contribution in [2.24, 2.45) is 0 Å². The zero-order chi connectivity index (χ0) is 15.2. The monoisotopic (exact) mass is 291 g/mol. The fourth-order valence-corrected chi connectivity index (χ4v) is 3.06. The first kappa shape index (κ1) is 15.7. The molecule has 116 valence electrons. The number of hydrogen-bond acceptors (Lipinski definition) is 3. The van der Waals surface area contributed by atoms with Gasteiger partial charge in [0.2, 0.25) is 0 Å². The molecule has 1 aromatic rings. The van der Waals surface area contributed by atoms with Crippen LogP contribution < -0.4 is 9.47 Å². The van der Waals surface area contributed by atoms with Crippen LogP contribution in [0.5, 0.6) is 11.5 Å². The lowest BCUT2D eigenvalue weighted by atomic mass is 10.1. The van der Waals surface area contributed by atoms with Crippen LogP contribution in [0, 0.1) is 0 Å². The molecule has 4 nitrogen and oxygen atoms in total. The fraction of sp³-hybridized carbons (Fsp3) is 0.588. The van der Waals surface area contributed by atoms with Crippen molar-refractivity contribution in [1.82, 2.24) is 4.90 Å². The van der Waals surface area contributed by atoms with Crippen molar-refractivity contribution in [3.8, 4) is 11.5 Å². The Morgan fingerprint density at radius 2 is 1.76 bits per heavy atom. The molecule has 4 heteroatoms. The van der Waals surface area contributed by atoms with Crippen LogP contribution in [0.1, 0.15) is 48.9 Å². The largest absolute Gasteiger partial charge is 0.493 e. The maximum absolute atomic E-state index is 12.8. The number of methoxy groups -OCH3 is 2. The van der Waals surface area contributed by atoms with Gasteiger partial charge in [-0.1, -0.05) is 31.7 Å². The smallest absolute Gasteiger partial charge is 0.257 e. The fourth-order valence-electron chi connectivity index (χ4n) is 3.06. The molecule has 0 N–H and O–H groups in total. The number of hydrogen-bond donors (Lipinski definition) is 0. The summed E-state index contributed by atoms with van der Waals surface area (Å²) in [6.07, 6.45) is 7.15. The van der Waals surface area contributed by atoms with Gasteiger partial charge in [0, 0.05) is 13.1 Å². The first-order valence-electron chi connectivity index (χ1n) is 7.67. The molecule has 0 heterocycles. The molecule has 0 unspecified atom stereocenters. The number of nitrogens with zero attached hydrogens (tertiary/aromatic N) is 1. The predicted molar refractivity (Wildman–Crippen MR) is 83.1 cm³/mol. The van der Waals surface area contributed by atoms with Gasteiger partial charge in [-0.05, 0) is 25.0 Å². The van der Waals surface area contributed by atoms with E-state index in [9.17, 15) is 4.79 Å². The first-order chi connectivity index (χ1) is 10.2. The van der Waals surface area contributed by atoms with Crippen LogP contribution in [-0.4, -0.2) is 38.1 Å². The van der Waals surface area contributed by atoms with E-state index in [1.54, 1.807) is 26.4 Å². The molecule has 1 aliphatic rings. The lowest BCUT2D eigenvalue weighted by molar-refractivity contribution is 0.0713. The molecule has 0 radical (unpaired) electrons. The maximum atomic E-state index is 12.8. The van der Waals surface area contributed by atoms with Crippen molar-refractivity contribution in [3.63, 3.8) is 0 Å². The molecule has 1 aromatic carbocycles. The van der Waals surface area contributed by atoms with E-state index in [-0.39, 0.29) is 5.91 Å². The number of amides is 1. The molecular weight excluding hydrogens is 266 g/mol. The van der Waals surface area contributed by atoms with Gasteiger partial charge in [-0.3, -0.25) is 4.79 Å². The van der Waals surface area contributed by atoms with Crippen LogP contribution in [0.15, 0.2) is 18.2 Å². The molecule has 2 rings (SSSR count). The molecule has 21 heavy (non-hydrogen) atoms. The van der Waals surface area contributed by atoms with Gasteiger partial charge in [-0.2, -0.15) is 0 Å². The topological polar surface area (TPSA) is 38.8 Å². The van der Waals surface area contributed by atoms with Gasteiger partial charge in [0.05, 0.1) is 19.8 Å². The standard InChI is InChI=1S/C17H25NO3/c1-18(13-9-6-4-5-7-10-13)17(19)14-11-8-12-15(20-2)16(14)21-3/h8,11-13H,4-7,9-10H2,1-3H3. The van der Waals surface area contributed by atoms with Crippen LogP contribution in [0.25, 0.3) is 0 Å². The summed E-state index contributed by atoms with van der Waals surface area (Å²) in [6.45, 7) is 0. The molecular formula is C17H25NO3. The summed E-state index contributed by atoms with van der Waals surface area (Å²) in [7, 11) is 5.05. The van der Waals surface area contributed by atoms with Crippen LogP contribution in [0.4, 0.5) is 0 Å². The Balaban J connectivity index is 2.22. The number of para-hydroxylation sites is 1. The van der Waals surface area contributed by atoms with Gasteiger partial charge in [0.25, 0.3) is 5.91 Å². The zero-order valence-electron chi connectivity index (χ0n) is 13.2. The van der Waals surface area contributed by atoms with Crippen LogP contribution in [-0.2, 0) is 0 Å². The Bertz CT molecular complexity index is 479. The summed E-state index contributed by atoms with van der Waals surface area (Å²) in [5, 5.41) is 0. The van der Waals surface area contributed by atoms with Crippen molar-refractivity contribution in [2.45, 2.75) is 44.6 Å². The van der Waals surface area contributed by atoms with E-state index in [4.69, 9.17) is 9.47 Å². The highest BCUT2D eigenvalue weighted by atomic mass is 16.5. The zero-order valence-corrected chi connectivity index (χ0v) is 13.2. The lowest BCUT2D eigenvalue weighted by Gasteiger charge is -2.28. The molecule has 0 aromatic heterocycles. The third-order valence-corrected chi connectivity index (χ3v) is 4.33. The molecule has 1 amide bonds. The van der Waals surface area contributed by atoms with Crippen LogP contribution in [0.3, 0.4) is 0 Å².